The number of thioether (sulfide) groups is 2. The van der Waals surface area contributed by atoms with Crippen LogP contribution in [0.25, 0.3) is 0 Å². The fourth-order valence-corrected chi connectivity index (χ4v) is 7.54. The number of hydrogen-bond acceptors (Lipinski definition) is 7. The molecule has 9 heteroatoms. The molecule has 162 valence electrons. The van der Waals surface area contributed by atoms with Crippen molar-refractivity contribution in [2.75, 3.05) is 19.6 Å². The first-order valence-corrected chi connectivity index (χ1v) is 11.9. The zero-order valence-corrected chi connectivity index (χ0v) is 18.3. The number of carboxylic acid groups (broad SMARTS) is 1. The average Bonchev–Trinajstić information content (AvgIpc) is 3.31. The standard InChI is InChI=1S/C21H26N2O5S2/c1-2-14(24)16-18(26)23-17(20(27)28)21(30-19(16)23)29-13-8-9-22(10-13)11-15(25)12-6-4-3-5-7-12/h3-7,13-16,19,24-25H,2,8-11H2,1H3,(H,27,28). The number of hydrogen-bond donors (Lipinski definition) is 3. The Morgan fingerprint density at radius 1 is 1.30 bits per heavy atom. The molecule has 1 aromatic rings. The number of β-lactam (4-membered cyclic amide) rings is 1. The third-order valence-corrected chi connectivity index (χ3v) is 8.76. The van der Waals surface area contributed by atoms with E-state index in [9.17, 15) is 24.9 Å². The van der Waals surface area contributed by atoms with E-state index in [0.29, 0.717) is 17.2 Å². The molecule has 1 amide bonds. The molecule has 3 heterocycles. The average molecular weight is 451 g/mol. The first-order valence-electron chi connectivity index (χ1n) is 10.2. The summed E-state index contributed by atoms with van der Waals surface area (Å²) in [6.07, 6.45) is 0.0589. The number of likely N-dealkylation sites (tertiary alicyclic amines) is 1. The molecule has 0 saturated carbocycles. The summed E-state index contributed by atoms with van der Waals surface area (Å²) < 4.78 is 0.655. The number of fused-ring (bicyclic) bond motifs is 1. The van der Waals surface area contributed by atoms with Gasteiger partial charge in [0.25, 0.3) is 0 Å². The molecule has 0 radical (unpaired) electrons. The number of nitrogens with zero attached hydrogens (tertiary/aromatic N) is 2. The van der Waals surface area contributed by atoms with Crippen molar-refractivity contribution in [3.05, 3.63) is 45.8 Å². The lowest BCUT2D eigenvalue weighted by Gasteiger charge is -2.44. The molecule has 0 aliphatic carbocycles. The minimum Gasteiger partial charge on any atom is -0.477 e. The van der Waals surface area contributed by atoms with Crippen molar-refractivity contribution in [3.8, 4) is 0 Å². The van der Waals surface area contributed by atoms with Gasteiger partial charge in [0.15, 0.2) is 5.70 Å². The van der Waals surface area contributed by atoms with Crippen LogP contribution >= 0.6 is 23.5 Å². The van der Waals surface area contributed by atoms with Crippen LogP contribution < -0.4 is 0 Å². The second kappa shape index (κ2) is 8.92. The van der Waals surface area contributed by atoms with Gasteiger partial charge < -0.3 is 15.3 Å². The van der Waals surface area contributed by atoms with E-state index in [4.69, 9.17) is 0 Å². The Morgan fingerprint density at radius 3 is 2.70 bits per heavy atom. The highest BCUT2D eigenvalue weighted by Crippen LogP contribution is 2.55. The van der Waals surface area contributed by atoms with Crippen molar-refractivity contribution in [2.45, 2.75) is 42.6 Å². The largest absolute Gasteiger partial charge is 0.477 e. The summed E-state index contributed by atoms with van der Waals surface area (Å²) in [5.74, 6) is -1.93. The lowest BCUT2D eigenvalue weighted by atomic mass is 9.90. The number of aliphatic hydroxyl groups is 2. The number of rotatable bonds is 8. The SMILES string of the molecule is CCC(O)C1C(=O)N2C(C(=O)O)=C(SC3CCN(CC(O)c4ccccc4)C3)SC12. The van der Waals surface area contributed by atoms with Gasteiger partial charge in [-0.25, -0.2) is 4.79 Å². The van der Waals surface area contributed by atoms with Crippen molar-refractivity contribution in [1.82, 2.24) is 9.80 Å². The molecular weight excluding hydrogens is 424 g/mol. The molecule has 0 bridgehead atoms. The first-order chi connectivity index (χ1) is 14.4. The Kier molecular flexibility index (Phi) is 6.45. The van der Waals surface area contributed by atoms with Crippen molar-refractivity contribution >= 4 is 35.4 Å². The molecule has 2 saturated heterocycles. The van der Waals surface area contributed by atoms with E-state index in [1.54, 1.807) is 0 Å². The fraction of sp³-hybridized carbons (Fsp3) is 0.524. The topological polar surface area (TPSA) is 101 Å². The molecule has 0 spiro atoms. The number of carboxylic acids is 1. The Bertz CT molecular complexity index is 849. The van der Waals surface area contributed by atoms with E-state index in [-0.39, 0.29) is 22.2 Å². The highest BCUT2D eigenvalue weighted by molar-refractivity contribution is 8.23. The van der Waals surface area contributed by atoms with E-state index < -0.39 is 24.1 Å². The predicted molar refractivity (Wildman–Crippen MR) is 117 cm³/mol. The second-order valence-electron chi connectivity index (χ2n) is 7.87. The monoisotopic (exact) mass is 450 g/mol. The second-order valence-corrected chi connectivity index (χ2v) is 10.6. The lowest BCUT2D eigenvalue weighted by molar-refractivity contribution is -0.157. The van der Waals surface area contributed by atoms with Crippen molar-refractivity contribution < 1.29 is 24.9 Å². The Hall–Kier alpha value is -1.52. The molecule has 0 aromatic heterocycles. The van der Waals surface area contributed by atoms with Gasteiger partial charge in [-0.3, -0.25) is 14.6 Å². The lowest BCUT2D eigenvalue weighted by Crippen LogP contribution is -2.61. The summed E-state index contributed by atoms with van der Waals surface area (Å²) >= 11 is 2.90. The van der Waals surface area contributed by atoms with Crippen LogP contribution in [0, 0.1) is 5.92 Å². The normalized spacial score (nSPS) is 28.4. The van der Waals surface area contributed by atoms with E-state index in [2.05, 4.69) is 4.90 Å². The van der Waals surface area contributed by atoms with Gasteiger partial charge in [0.1, 0.15) is 5.37 Å². The number of amides is 1. The van der Waals surface area contributed by atoms with Gasteiger partial charge in [0.2, 0.25) is 5.91 Å². The quantitative estimate of drug-likeness (QED) is 0.518. The maximum Gasteiger partial charge on any atom is 0.354 e. The van der Waals surface area contributed by atoms with Crippen LogP contribution in [-0.2, 0) is 9.59 Å². The zero-order chi connectivity index (χ0) is 21.4. The molecule has 2 fully saturated rings. The number of carbonyl (C=O) groups excluding carboxylic acids is 1. The van der Waals surface area contributed by atoms with Gasteiger partial charge in [0.05, 0.1) is 22.4 Å². The Balaban J connectivity index is 1.38. The number of benzene rings is 1. The third kappa shape index (κ3) is 4.01. The van der Waals surface area contributed by atoms with Crippen LogP contribution in [0.15, 0.2) is 40.3 Å². The van der Waals surface area contributed by atoms with Gasteiger partial charge in [-0.05, 0) is 24.9 Å². The van der Waals surface area contributed by atoms with Crippen LogP contribution in [0.4, 0.5) is 0 Å². The first kappa shape index (κ1) is 21.7. The third-order valence-electron chi connectivity index (χ3n) is 5.90. The van der Waals surface area contributed by atoms with E-state index in [1.165, 1.54) is 28.4 Å². The number of β-amino-alcohol motifs (C(OH)–C–C–N with tert-alkyl or cyclic N) is 1. The highest BCUT2D eigenvalue weighted by Gasteiger charge is 2.58. The van der Waals surface area contributed by atoms with E-state index >= 15 is 0 Å². The minimum absolute atomic E-state index is 0.0577. The fourth-order valence-electron chi connectivity index (χ4n) is 4.23. The van der Waals surface area contributed by atoms with Crippen molar-refractivity contribution in [3.63, 3.8) is 0 Å². The van der Waals surface area contributed by atoms with Crippen LogP contribution in [0.2, 0.25) is 0 Å². The van der Waals surface area contributed by atoms with Gasteiger partial charge >= 0.3 is 5.97 Å². The highest BCUT2D eigenvalue weighted by atomic mass is 32.2. The van der Waals surface area contributed by atoms with Crippen molar-refractivity contribution in [2.24, 2.45) is 5.92 Å². The van der Waals surface area contributed by atoms with Crippen LogP contribution in [-0.4, -0.2) is 73.4 Å². The molecule has 5 atom stereocenters. The smallest absolute Gasteiger partial charge is 0.354 e. The molecule has 3 N–H and O–H groups in total. The van der Waals surface area contributed by atoms with E-state index in [1.807, 2.05) is 37.3 Å². The maximum atomic E-state index is 12.5. The minimum atomic E-state index is -1.10. The van der Waals surface area contributed by atoms with Crippen LogP contribution in [0.3, 0.4) is 0 Å². The van der Waals surface area contributed by atoms with Gasteiger partial charge in [-0.1, -0.05) is 49.0 Å². The molecule has 7 nitrogen and oxygen atoms in total. The summed E-state index contributed by atoms with van der Waals surface area (Å²) in [5, 5.41) is 30.2. The molecule has 30 heavy (non-hydrogen) atoms. The molecular formula is C21H26N2O5S2. The molecule has 1 aromatic carbocycles. The van der Waals surface area contributed by atoms with Crippen molar-refractivity contribution in [1.29, 1.82) is 0 Å². The predicted octanol–water partition coefficient (Wildman–Crippen LogP) is 2.08. The summed E-state index contributed by atoms with van der Waals surface area (Å²) in [5.41, 5.74) is 0.946. The molecule has 4 rings (SSSR count). The van der Waals surface area contributed by atoms with Crippen LogP contribution in [0.5, 0.6) is 0 Å². The van der Waals surface area contributed by atoms with Crippen LogP contribution in [0.1, 0.15) is 31.4 Å². The van der Waals surface area contributed by atoms with E-state index in [0.717, 1.165) is 25.1 Å². The zero-order valence-electron chi connectivity index (χ0n) is 16.7. The number of aliphatic carboxylic acids is 1. The maximum absolute atomic E-state index is 12.5. The van der Waals surface area contributed by atoms with Gasteiger partial charge in [-0.2, -0.15) is 0 Å². The van der Waals surface area contributed by atoms with Gasteiger partial charge in [-0.15, -0.1) is 11.8 Å². The molecule has 5 unspecified atom stereocenters. The van der Waals surface area contributed by atoms with Gasteiger partial charge in [0, 0.05) is 18.3 Å². The summed E-state index contributed by atoms with van der Waals surface area (Å²) in [6, 6.07) is 9.56. The molecule has 3 aliphatic heterocycles. The Morgan fingerprint density at radius 2 is 2.03 bits per heavy atom. The number of aliphatic hydroxyl groups excluding tert-OH is 2. The summed E-state index contributed by atoms with van der Waals surface area (Å²) in [4.78, 5) is 27.8. The molecule has 3 aliphatic rings. The summed E-state index contributed by atoms with van der Waals surface area (Å²) in [6.45, 7) is 3.95. The summed E-state index contributed by atoms with van der Waals surface area (Å²) in [7, 11) is 0. The number of carbonyl (C=O) groups is 2. The Labute approximate surface area is 184 Å².